The minimum atomic E-state index is 0.0461. The van der Waals surface area contributed by atoms with E-state index in [0.717, 1.165) is 11.3 Å². The Morgan fingerprint density at radius 2 is 1.93 bits per heavy atom. The molecule has 1 aromatic carbocycles. The number of nitrogens with two attached hydrogens (primary N) is 1. The second-order valence-electron chi connectivity index (χ2n) is 3.64. The third-order valence-corrected chi connectivity index (χ3v) is 1.79. The molecule has 1 amide bonds. The van der Waals surface area contributed by atoms with Crippen molar-refractivity contribution in [2.24, 2.45) is 0 Å². The van der Waals surface area contributed by atoms with Crippen LogP contribution in [-0.2, 0) is 11.2 Å². The van der Waals surface area contributed by atoms with Gasteiger partial charge in [0.15, 0.2) is 0 Å². The van der Waals surface area contributed by atoms with Crippen molar-refractivity contribution in [3.63, 3.8) is 0 Å². The van der Waals surface area contributed by atoms with Gasteiger partial charge in [-0.1, -0.05) is 12.1 Å². The number of hydrogen-bond donors (Lipinski definition) is 2. The van der Waals surface area contributed by atoms with Crippen LogP contribution < -0.4 is 11.1 Å². The maximum Gasteiger partial charge on any atom is 0.224 e. The van der Waals surface area contributed by atoms with Crippen molar-refractivity contribution in [1.29, 1.82) is 0 Å². The second-order valence-corrected chi connectivity index (χ2v) is 3.64. The van der Waals surface area contributed by atoms with Crippen LogP contribution in [0.1, 0.15) is 19.4 Å². The van der Waals surface area contributed by atoms with E-state index in [1.807, 2.05) is 26.0 Å². The van der Waals surface area contributed by atoms with E-state index in [1.165, 1.54) is 0 Å². The van der Waals surface area contributed by atoms with Gasteiger partial charge in [-0.2, -0.15) is 0 Å². The SMILES string of the molecule is CC(C)NC(=O)Cc1ccc(N)cc1. The van der Waals surface area contributed by atoms with E-state index in [-0.39, 0.29) is 11.9 Å². The summed E-state index contributed by atoms with van der Waals surface area (Å²) in [5.74, 6) is 0.0461. The van der Waals surface area contributed by atoms with E-state index in [2.05, 4.69) is 5.32 Å². The van der Waals surface area contributed by atoms with E-state index in [1.54, 1.807) is 12.1 Å². The zero-order valence-corrected chi connectivity index (χ0v) is 8.58. The molecule has 0 aromatic heterocycles. The topological polar surface area (TPSA) is 55.1 Å². The van der Waals surface area contributed by atoms with Gasteiger partial charge in [0.25, 0.3) is 0 Å². The molecule has 3 heteroatoms. The van der Waals surface area contributed by atoms with Crippen molar-refractivity contribution in [3.8, 4) is 0 Å². The van der Waals surface area contributed by atoms with Crippen molar-refractivity contribution < 1.29 is 4.79 Å². The summed E-state index contributed by atoms with van der Waals surface area (Å²) < 4.78 is 0. The Kier molecular flexibility index (Phi) is 3.51. The molecule has 3 N–H and O–H groups in total. The molecular formula is C11H16N2O. The third kappa shape index (κ3) is 3.47. The quantitative estimate of drug-likeness (QED) is 0.710. The van der Waals surface area contributed by atoms with Crippen molar-refractivity contribution in [3.05, 3.63) is 29.8 Å². The molecule has 0 heterocycles. The van der Waals surface area contributed by atoms with Crippen LogP contribution >= 0.6 is 0 Å². The van der Waals surface area contributed by atoms with E-state index in [9.17, 15) is 4.79 Å². The van der Waals surface area contributed by atoms with Crippen LogP contribution in [0.2, 0.25) is 0 Å². The molecule has 0 spiro atoms. The summed E-state index contributed by atoms with van der Waals surface area (Å²) in [7, 11) is 0. The molecule has 0 saturated carbocycles. The van der Waals surface area contributed by atoms with E-state index in [0.29, 0.717) is 6.42 Å². The fourth-order valence-corrected chi connectivity index (χ4v) is 1.19. The Hall–Kier alpha value is -1.51. The smallest absolute Gasteiger partial charge is 0.224 e. The van der Waals surface area contributed by atoms with Gasteiger partial charge in [-0.05, 0) is 31.5 Å². The summed E-state index contributed by atoms with van der Waals surface area (Å²) in [5.41, 5.74) is 7.24. The Labute approximate surface area is 84.3 Å². The first-order valence-corrected chi connectivity index (χ1v) is 4.71. The van der Waals surface area contributed by atoms with E-state index < -0.39 is 0 Å². The van der Waals surface area contributed by atoms with Gasteiger partial charge < -0.3 is 11.1 Å². The predicted molar refractivity (Wildman–Crippen MR) is 57.8 cm³/mol. The molecule has 0 saturated heterocycles. The molecule has 3 nitrogen and oxygen atoms in total. The highest BCUT2D eigenvalue weighted by Gasteiger charge is 2.03. The summed E-state index contributed by atoms with van der Waals surface area (Å²) in [6.07, 6.45) is 0.415. The van der Waals surface area contributed by atoms with Gasteiger partial charge in [0, 0.05) is 11.7 Å². The van der Waals surface area contributed by atoms with E-state index in [4.69, 9.17) is 5.73 Å². The highest BCUT2D eigenvalue weighted by molar-refractivity contribution is 5.78. The molecule has 0 aliphatic heterocycles. The molecule has 76 valence electrons. The lowest BCUT2D eigenvalue weighted by molar-refractivity contribution is -0.120. The van der Waals surface area contributed by atoms with Crippen LogP contribution in [0, 0.1) is 0 Å². The number of carbonyl (C=O) groups is 1. The number of anilines is 1. The Balaban J connectivity index is 2.52. The molecule has 0 aliphatic rings. The van der Waals surface area contributed by atoms with Crippen LogP contribution in [0.3, 0.4) is 0 Å². The Morgan fingerprint density at radius 1 is 1.36 bits per heavy atom. The Morgan fingerprint density at radius 3 is 2.43 bits per heavy atom. The van der Waals surface area contributed by atoms with Gasteiger partial charge in [-0.15, -0.1) is 0 Å². The summed E-state index contributed by atoms with van der Waals surface area (Å²) in [6.45, 7) is 3.89. The zero-order valence-electron chi connectivity index (χ0n) is 8.58. The first-order valence-electron chi connectivity index (χ1n) is 4.71. The molecule has 0 aliphatic carbocycles. The molecule has 1 rings (SSSR count). The van der Waals surface area contributed by atoms with Gasteiger partial charge in [0.2, 0.25) is 5.91 Å². The average molecular weight is 192 g/mol. The molecule has 0 bridgehead atoms. The van der Waals surface area contributed by atoms with Gasteiger partial charge in [0.05, 0.1) is 6.42 Å². The van der Waals surface area contributed by atoms with Crippen LogP contribution in [0.4, 0.5) is 5.69 Å². The maximum absolute atomic E-state index is 11.4. The summed E-state index contributed by atoms with van der Waals surface area (Å²) in [6, 6.07) is 7.54. The average Bonchev–Trinajstić information content (AvgIpc) is 2.07. The number of nitrogens with one attached hydrogen (secondary N) is 1. The van der Waals surface area contributed by atoms with Crippen LogP contribution in [-0.4, -0.2) is 11.9 Å². The van der Waals surface area contributed by atoms with Crippen LogP contribution in [0.25, 0.3) is 0 Å². The van der Waals surface area contributed by atoms with Crippen molar-refractivity contribution in [2.75, 3.05) is 5.73 Å². The minimum absolute atomic E-state index is 0.0461. The maximum atomic E-state index is 11.4. The number of carbonyl (C=O) groups excluding carboxylic acids is 1. The Bertz CT molecular complexity index is 304. The van der Waals surface area contributed by atoms with Crippen LogP contribution in [0.5, 0.6) is 0 Å². The lowest BCUT2D eigenvalue weighted by atomic mass is 10.1. The molecule has 0 radical (unpaired) electrons. The minimum Gasteiger partial charge on any atom is -0.399 e. The highest BCUT2D eigenvalue weighted by atomic mass is 16.1. The van der Waals surface area contributed by atoms with E-state index >= 15 is 0 Å². The molecular weight excluding hydrogens is 176 g/mol. The summed E-state index contributed by atoms with van der Waals surface area (Å²) in [5, 5.41) is 2.84. The van der Waals surface area contributed by atoms with Crippen molar-refractivity contribution in [2.45, 2.75) is 26.3 Å². The zero-order chi connectivity index (χ0) is 10.6. The van der Waals surface area contributed by atoms with Gasteiger partial charge >= 0.3 is 0 Å². The number of amides is 1. The molecule has 0 unspecified atom stereocenters. The third-order valence-electron chi connectivity index (χ3n) is 1.79. The number of hydrogen-bond acceptors (Lipinski definition) is 2. The fourth-order valence-electron chi connectivity index (χ4n) is 1.19. The first-order chi connectivity index (χ1) is 6.58. The number of benzene rings is 1. The lowest BCUT2D eigenvalue weighted by Gasteiger charge is -2.08. The molecule has 0 atom stereocenters. The molecule has 1 aromatic rings. The normalized spacial score (nSPS) is 10.2. The second kappa shape index (κ2) is 4.65. The largest absolute Gasteiger partial charge is 0.399 e. The number of rotatable bonds is 3. The molecule has 0 fully saturated rings. The number of nitrogen functional groups attached to an aromatic ring is 1. The van der Waals surface area contributed by atoms with Crippen LogP contribution in [0.15, 0.2) is 24.3 Å². The lowest BCUT2D eigenvalue weighted by Crippen LogP contribution is -2.31. The van der Waals surface area contributed by atoms with Gasteiger partial charge in [-0.3, -0.25) is 4.79 Å². The molecule has 14 heavy (non-hydrogen) atoms. The first kappa shape index (κ1) is 10.6. The summed E-state index contributed by atoms with van der Waals surface area (Å²) >= 11 is 0. The van der Waals surface area contributed by atoms with Gasteiger partial charge in [-0.25, -0.2) is 0 Å². The van der Waals surface area contributed by atoms with Crippen molar-refractivity contribution in [1.82, 2.24) is 5.32 Å². The van der Waals surface area contributed by atoms with Crippen molar-refractivity contribution >= 4 is 11.6 Å². The fraction of sp³-hybridized carbons (Fsp3) is 0.364. The summed E-state index contributed by atoms with van der Waals surface area (Å²) in [4.78, 5) is 11.4. The predicted octanol–water partition coefficient (Wildman–Crippen LogP) is 1.34. The monoisotopic (exact) mass is 192 g/mol. The van der Waals surface area contributed by atoms with Gasteiger partial charge in [0.1, 0.15) is 0 Å². The highest BCUT2D eigenvalue weighted by Crippen LogP contribution is 2.05. The standard InChI is InChI=1S/C11H16N2O/c1-8(2)13-11(14)7-9-3-5-10(12)6-4-9/h3-6,8H,7,12H2,1-2H3,(H,13,14).